The molecule has 0 radical (unpaired) electrons. The van der Waals surface area contributed by atoms with E-state index in [1.807, 2.05) is 47.7 Å². The lowest BCUT2D eigenvalue weighted by Crippen LogP contribution is -2.04. The number of fused-ring (bicyclic) bond motifs is 7. The molecule has 0 bridgehead atoms. The smallest absolute Gasteiger partial charge is 0.166 e. The summed E-state index contributed by atoms with van der Waals surface area (Å²) in [5, 5.41) is 7.34. The molecule has 5 heteroatoms. The van der Waals surface area contributed by atoms with E-state index in [0.717, 1.165) is 33.4 Å². The topological polar surface area (TPSA) is 43.6 Å². The molecule has 0 aliphatic heterocycles. The highest BCUT2D eigenvalue weighted by Gasteiger charge is 2.23. The fraction of sp³-hybridized carbons (Fsp3) is 0. The molecule has 0 amide bonds. The van der Waals surface area contributed by atoms with Crippen LogP contribution in [0.4, 0.5) is 0 Å². The summed E-state index contributed by atoms with van der Waals surface area (Å²) in [6.07, 6.45) is 0. The van der Waals surface area contributed by atoms with Crippen molar-refractivity contribution in [2.24, 2.45) is 0 Å². The Kier molecular flexibility index (Phi) is 7.00. The van der Waals surface area contributed by atoms with Gasteiger partial charge in [0.2, 0.25) is 0 Å². The van der Waals surface area contributed by atoms with Gasteiger partial charge in [0.15, 0.2) is 17.5 Å². The van der Waals surface area contributed by atoms with Crippen molar-refractivity contribution < 1.29 is 0 Å². The summed E-state index contributed by atoms with van der Waals surface area (Å²) >= 11 is 1.82. The summed E-state index contributed by atoms with van der Waals surface area (Å²) in [6.45, 7) is 0. The van der Waals surface area contributed by atoms with Crippen molar-refractivity contribution in [3.8, 4) is 51.0 Å². The van der Waals surface area contributed by atoms with E-state index in [0.29, 0.717) is 17.5 Å². The van der Waals surface area contributed by atoms with Gasteiger partial charge in [-0.2, -0.15) is 0 Å². The molecular weight excluding hydrogens is 677 g/mol. The largest absolute Gasteiger partial charge is 0.307 e. The van der Waals surface area contributed by atoms with Gasteiger partial charge < -0.3 is 4.57 Å². The lowest BCUT2D eigenvalue weighted by atomic mass is 9.97. The zero-order valence-corrected chi connectivity index (χ0v) is 29.8. The number of rotatable bonds is 5. The number of thiophene rings is 1. The molecule has 3 heterocycles. The van der Waals surface area contributed by atoms with Gasteiger partial charge >= 0.3 is 0 Å². The Hall–Kier alpha value is -6.95. The molecule has 54 heavy (non-hydrogen) atoms. The van der Waals surface area contributed by atoms with Crippen LogP contribution in [0.1, 0.15) is 0 Å². The predicted octanol–water partition coefficient (Wildman–Crippen LogP) is 13.2. The summed E-state index contributed by atoms with van der Waals surface area (Å²) < 4.78 is 4.88. The molecule has 3 aromatic heterocycles. The monoisotopic (exact) mass is 706 g/mol. The Balaban J connectivity index is 1.24. The molecule has 11 rings (SSSR count). The van der Waals surface area contributed by atoms with Crippen LogP contribution in [0.15, 0.2) is 182 Å². The highest BCUT2D eigenvalue weighted by Crippen LogP contribution is 2.45. The summed E-state index contributed by atoms with van der Waals surface area (Å²) in [4.78, 5) is 15.5. The fourth-order valence-corrected chi connectivity index (χ4v) is 9.20. The summed E-state index contributed by atoms with van der Waals surface area (Å²) in [6, 6.07) is 64.4. The van der Waals surface area contributed by atoms with Crippen LogP contribution in [0.3, 0.4) is 0 Å². The second-order valence-corrected chi connectivity index (χ2v) is 14.6. The first kappa shape index (κ1) is 30.7. The van der Waals surface area contributed by atoms with Crippen molar-refractivity contribution in [3.63, 3.8) is 0 Å². The van der Waals surface area contributed by atoms with E-state index in [2.05, 4.69) is 150 Å². The molecule has 0 unspecified atom stereocenters. The first-order valence-corrected chi connectivity index (χ1v) is 18.9. The van der Waals surface area contributed by atoms with Gasteiger partial charge in [-0.05, 0) is 52.2 Å². The van der Waals surface area contributed by atoms with Gasteiger partial charge in [0.05, 0.1) is 21.4 Å². The fourth-order valence-electron chi connectivity index (χ4n) is 7.96. The van der Waals surface area contributed by atoms with E-state index in [9.17, 15) is 0 Å². The maximum absolute atomic E-state index is 5.24. The van der Waals surface area contributed by atoms with E-state index >= 15 is 0 Å². The highest BCUT2D eigenvalue weighted by molar-refractivity contribution is 7.26. The second kappa shape index (κ2) is 12.3. The Morgan fingerprint density at radius 2 is 0.981 bits per heavy atom. The van der Waals surface area contributed by atoms with Crippen molar-refractivity contribution in [2.75, 3.05) is 0 Å². The van der Waals surface area contributed by atoms with Crippen molar-refractivity contribution >= 4 is 64.1 Å². The van der Waals surface area contributed by atoms with Crippen LogP contribution >= 0.6 is 11.3 Å². The van der Waals surface area contributed by atoms with Gasteiger partial charge in [-0.1, -0.05) is 152 Å². The van der Waals surface area contributed by atoms with Crippen LogP contribution in [0, 0.1) is 0 Å². The molecule has 0 N–H and O–H groups in total. The van der Waals surface area contributed by atoms with Crippen LogP contribution in [0.5, 0.6) is 0 Å². The van der Waals surface area contributed by atoms with Crippen LogP contribution in [0.2, 0.25) is 0 Å². The lowest BCUT2D eigenvalue weighted by Gasteiger charge is -2.16. The number of aromatic nitrogens is 4. The Morgan fingerprint density at radius 3 is 1.76 bits per heavy atom. The van der Waals surface area contributed by atoms with E-state index in [-0.39, 0.29) is 0 Å². The van der Waals surface area contributed by atoms with Crippen LogP contribution < -0.4 is 0 Å². The third-order valence-electron chi connectivity index (χ3n) is 10.5. The number of nitrogens with zero attached hydrogens (tertiary/aromatic N) is 4. The molecule has 8 aromatic carbocycles. The predicted molar refractivity (Wildman–Crippen MR) is 226 cm³/mol. The van der Waals surface area contributed by atoms with Crippen molar-refractivity contribution in [2.45, 2.75) is 0 Å². The van der Waals surface area contributed by atoms with Crippen LogP contribution in [-0.4, -0.2) is 19.5 Å². The minimum absolute atomic E-state index is 0.635. The summed E-state index contributed by atoms with van der Waals surface area (Å²) in [5.74, 6) is 1.92. The van der Waals surface area contributed by atoms with Crippen molar-refractivity contribution in [1.82, 2.24) is 19.5 Å². The molecule has 0 saturated carbocycles. The summed E-state index contributed by atoms with van der Waals surface area (Å²) in [7, 11) is 0. The zero-order valence-electron chi connectivity index (χ0n) is 29.0. The maximum Gasteiger partial charge on any atom is 0.166 e. The molecular formula is C49H30N4S. The zero-order chi connectivity index (χ0) is 35.6. The molecule has 0 atom stereocenters. The maximum atomic E-state index is 5.24. The van der Waals surface area contributed by atoms with Gasteiger partial charge in [0.25, 0.3) is 0 Å². The van der Waals surface area contributed by atoms with Gasteiger partial charge in [0.1, 0.15) is 0 Å². The van der Waals surface area contributed by atoms with E-state index in [4.69, 9.17) is 15.0 Å². The normalized spacial score (nSPS) is 11.7. The summed E-state index contributed by atoms with van der Waals surface area (Å²) in [5.41, 5.74) is 8.60. The van der Waals surface area contributed by atoms with Gasteiger partial charge in [0, 0.05) is 42.9 Å². The van der Waals surface area contributed by atoms with Crippen molar-refractivity contribution in [1.29, 1.82) is 0 Å². The molecule has 11 aromatic rings. The first-order valence-electron chi connectivity index (χ1n) is 18.1. The number of benzene rings is 8. The quantitative estimate of drug-likeness (QED) is 0.179. The second-order valence-electron chi connectivity index (χ2n) is 13.6. The molecule has 0 saturated heterocycles. The van der Waals surface area contributed by atoms with Gasteiger partial charge in [-0.25, -0.2) is 15.0 Å². The van der Waals surface area contributed by atoms with Crippen LogP contribution in [-0.2, 0) is 0 Å². The average Bonchev–Trinajstić information content (AvgIpc) is 3.79. The number of hydrogen-bond acceptors (Lipinski definition) is 4. The minimum Gasteiger partial charge on any atom is -0.307 e. The van der Waals surface area contributed by atoms with Crippen molar-refractivity contribution in [3.05, 3.63) is 182 Å². The first-order chi connectivity index (χ1) is 26.8. The molecule has 4 nitrogen and oxygen atoms in total. The molecule has 0 aliphatic rings. The molecule has 0 spiro atoms. The molecule has 0 fully saturated rings. The SMILES string of the molecule is c1ccc(-c2nc(-c3ccccc3)nc(-c3ccc4c(sc5ccccc54)c3-n3c4ccccc4c4cc(-c5cccc6ccccc56)ccc43)n2)cc1. The lowest BCUT2D eigenvalue weighted by molar-refractivity contribution is 1.07. The number of hydrogen-bond donors (Lipinski definition) is 0. The Morgan fingerprint density at radius 1 is 0.370 bits per heavy atom. The third kappa shape index (κ3) is 4.86. The standard InChI is InChI=1S/C49H30N4S/c1-3-15-32(16-4-1)47-50-48(33-17-5-2-6-18-33)52-49(51-47)40-28-27-39-38-22-10-12-25-44(38)54-46(39)45(40)53-42-24-11-9-21-37(42)41-30-34(26-29-43(41)53)36-23-13-19-31-14-7-8-20-35(31)36/h1-30H. The average molecular weight is 707 g/mol. The van der Waals surface area contributed by atoms with E-state index < -0.39 is 0 Å². The minimum atomic E-state index is 0.635. The van der Waals surface area contributed by atoms with Gasteiger partial charge in [-0.3, -0.25) is 0 Å². The van der Waals surface area contributed by atoms with E-state index in [1.165, 1.54) is 52.8 Å². The number of para-hydroxylation sites is 1. The van der Waals surface area contributed by atoms with E-state index in [1.54, 1.807) is 0 Å². The highest BCUT2D eigenvalue weighted by atomic mass is 32.1. The van der Waals surface area contributed by atoms with Crippen LogP contribution in [0.25, 0.3) is 104 Å². The molecule has 252 valence electrons. The Labute approximate surface area is 315 Å². The third-order valence-corrected chi connectivity index (χ3v) is 11.7. The Bertz CT molecular complexity index is 3150. The van der Waals surface area contributed by atoms with Gasteiger partial charge in [-0.15, -0.1) is 11.3 Å². The molecule has 0 aliphatic carbocycles.